The van der Waals surface area contributed by atoms with E-state index in [2.05, 4.69) is 15.3 Å². The number of rotatable bonds is 7. The number of benzene rings is 2. The summed E-state index contributed by atoms with van der Waals surface area (Å²) in [4.78, 5) is 34.7. The Morgan fingerprint density at radius 1 is 1.04 bits per heavy atom. The molecule has 142 valence electrons. The maximum Gasteiger partial charge on any atom is 0.272 e. The molecular formula is C22H22N4O2. The highest BCUT2D eigenvalue weighted by Crippen LogP contribution is 2.16. The van der Waals surface area contributed by atoms with Gasteiger partial charge in [0, 0.05) is 30.5 Å². The van der Waals surface area contributed by atoms with Crippen molar-refractivity contribution in [3.63, 3.8) is 0 Å². The summed E-state index contributed by atoms with van der Waals surface area (Å²) in [5.41, 5.74) is 2.66. The van der Waals surface area contributed by atoms with E-state index in [1.54, 1.807) is 35.4 Å². The first-order chi connectivity index (χ1) is 13.6. The van der Waals surface area contributed by atoms with E-state index >= 15 is 0 Å². The molecule has 0 spiro atoms. The van der Waals surface area contributed by atoms with Gasteiger partial charge in [-0.05, 0) is 37.6 Å². The van der Waals surface area contributed by atoms with Gasteiger partial charge in [-0.1, -0.05) is 42.5 Å². The van der Waals surface area contributed by atoms with E-state index in [0.29, 0.717) is 36.0 Å². The van der Waals surface area contributed by atoms with Crippen molar-refractivity contribution >= 4 is 23.3 Å². The topological polar surface area (TPSA) is 75.2 Å². The summed E-state index contributed by atoms with van der Waals surface area (Å²) in [5.74, 6) is 0.129. The summed E-state index contributed by atoms with van der Waals surface area (Å²) in [7, 11) is 0. The van der Waals surface area contributed by atoms with Crippen molar-refractivity contribution in [2.24, 2.45) is 0 Å². The number of hydrogen-bond donors (Lipinski definition) is 1. The second-order valence-electron chi connectivity index (χ2n) is 6.33. The molecule has 6 heteroatoms. The average molecular weight is 374 g/mol. The molecule has 3 rings (SSSR count). The van der Waals surface area contributed by atoms with Gasteiger partial charge in [0.15, 0.2) is 5.78 Å². The molecule has 28 heavy (non-hydrogen) atoms. The van der Waals surface area contributed by atoms with Crippen molar-refractivity contribution in [1.82, 2.24) is 14.9 Å². The first kappa shape index (κ1) is 19.2. The highest BCUT2D eigenvalue weighted by atomic mass is 16.2. The monoisotopic (exact) mass is 374 g/mol. The van der Waals surface area contributed by atoms with Crippen LogP contribution in [0.1, 0.15) is 40.3 Å². The van der Waals surface area contributed by atoms with Crippen molar-refractivity contribution in [1.29, 1.82) is 0 Å². The molecule has 0 unspecified atom stereocenters. The SMILES string of the molecule is CCN(Cc1ccccc1)C(=O)c1ccnc(Nc2cccc(C(C)=O)c2)n1. The smallest absolute Gasteiger partial charge is 0.272 e. The van der Waals surface area contributed by atoms with E-state index in [4.69, 9.17) is 0 Å². The van der Waals surface area contributed by atoms with Crippen molar-refractivity contribution in [3.05, 3.63) is 83.7 Å². The van der Waals surface area contributed by atoms with Crippen LogP contribution in [0, 0.1) is 0 Å². The standard InChI is InChI=1S/C22H22N4O2/c1-3-26(15-17-8-5-4-6-9-17)21(28)20-12-13-23-22(25-20)24-19-11-7-10-18(14-19)16(2)27/h4-14H,3,15H2,1-2H3,(H,23,24,25). The van der Waals surface area contributed by atoms with Crippen molar-refractivity contribution in [2.75, 3.05) is 11.9 Å². The molecule has 1 aromatic heterocycles. The van der Waals surface area contributed by atoms with Crippen LogP contribution in [0.15, 0.2) is 66.9 Å². The minimum absolute atomic E-state index is 0.0204. The number of hydrogen-bond acceptors (Lipinski definition) is 5. The summed E-state index contributed by atoms with van der Waals surface area (Å²) in [6.45, 7) is 4.54. The fraction of sp³-hybridized carbons (Fsp3) is 0.182. The number of ketones is 1. The summed E-state index contributed by atoms with van der Waals surface area (Å²) < 4.78 is 0. The van der Waals surface area contributed by atoms with Crippen LogP contribution in [0.4, 0.5) is 11.6 Å². The van der Waals surface area contributed by atoms with Gasteiger partial charge in [-0.25, -0.2) is 9.97 Å². The number of carbonyl (C=O) groups is 2. The predicted molar refractivity (Wildman–Crippen MR) is 109 cm³/mol. The average Bonchev–Trinajstić information content (AvgIpc) is 2.72. The maximum absolute atomic E-state index is 12.9. The van der Waals surface area contributed by atoms with Crippen LogP contribution in [0.25, 0.3) is 0 Å². The van der Waals surface area contributed by atoms with E-state index < -0.39 is 0 Å². The van der Waals surface area contributed by atoms with E-state index in [0.717, 1.165) is 5.56 Å². The second kappa shape index (κ2) is 8.90. The van der Waals surface area contributed by atoms with Gasteiger partial charge < -0.3 is 10.2 Å². The Labute approximate surface area is 164 Å². The second-order valence-corrected chi connectivity index (χ2v) is 6.33. The third-order valence-electron chi connectivity index (χ3n) is 4.29. The molecule has 0 saturated carbocycles. The van der Waals surface area contributed by atoms with Crippen LogP contribution in [0.3, 0.4) is 0 Å². The highest BCUT2D eigenvalue weighted by molar-refractivity contribution is 5.95. The van der Waals surface area contributed by atoms with Gasteiger partial charge in [0.1, 0.15) is 5.69 Å². The Kier molecular flexibility index (Phi) is 6.11. The molecule has 0 aliphatic rings. The van der Waals surface area contributed by atoms with Gasteiger partial charge in [0.25, 0.3) is 5.91 Å². The quantitative estimate of drug-likeness (QED) is 0.631. The normalized spacial score (nSPS) is 10.4. The molecular weight excluding hydrogens is 352 g/mol. The zero-order chi connectivity index (χ0) is 19.9. The molecule has 0 bridgehead atoms. The lowest BCUT2D eigenvalue weighted by Crippen LogP contribution is -2.31. The fourth-order valence-electron chi connectivity index (χ4n) is 2.78. The molecule has 0 fully saturated rings. The van der Waals surface area contributed by atoms with Gasteiger partial charge in [-0.2, -0.15) is 0 Å². The maximum atomic E-state index is 12.9. The van der Waals surface area contributed by atoms with Crippen LogP contribution in [0.2, 0.25) is 0 Å². The Morgan fingerprint density at radius 3 is 2.54 bits per heavy atom. The highest BCUT2D eigenvalue weighted by Gasteiger charge is 2.17. The largest absolute Gasteiger partial charge is 0.333 e. The Hall–Kier alpha value is -3.54. The molecule has 0 atom stereocenters. The third-order valence-corrected chi connectivity index (χ3v) is 4.29. The van der Waals surface area contributed by atoms with Crippen LogP contribution >= 0.6 is 0 Å². The molecule has 0 radical (unpaired) electrons. The van der Waals surface area contributed by atoms with E-state index in [-0.39, 0.29) is 11.7 Å². The molecule has 0 aliphatic carbocycles. The Morgan fingerprint density at radius 2 is 1.82 bits per heavy atom. The van der Waals surface area contributed by atoms with E-state index in [9.17, 15) is 9.59 Å². The molecule has 0 saturated heterocycles. The minimum atomic E-state index is -0.158. The molecule has 0 aliphatic heterocycles. The third kappa shape index (κ3) is 4.79. The number of nitrogens with zero attached hydrogens (tertiary/aromatic N) is 3. The Bertz CT molecular complexity index is 973. The number of Topliss-reactive ketones (excluding diaryl/α,β-unsaturated/α-hetero) is 1. The molecule has 1 amide bonds. The lowest BCUT2D eigenvalue weighted by Gasteiger charge is -2.20. The fourth-order valence-corrected chi connectivity index (χ4v) is 2.78. The minimum Gasteiger partial charge on any atom is -0.333 e. The lowest BCUT2D eigenvalue weighted by molar-refractivity contribution is 0.0746. The zero-order valence-electron chi connectivity index (χ0n) is 15.9. The van der Waals surface area contributed by atoms with Crippen LogP contribution < -0.4 is 5.32 Å². The van der Waals surface area contributed by atoms with Crippen molar-refractivity contribution < 1.29 is 9.59 Å². The van der Waals surface area contributed by atoms with E-state index in [1.165, 1.54) is 6.92 Å². The Balaban J connectivity index is 1.77. The first-order valence-corrected chi connectivity index (χ1v) is 9.11. The van der Waals surface area contributed by atoms with Crippen LogP contribution in [-0.2, 0) is 6.54 Å². The van der Waals surface area contributed by atoms with Crippen molar-refractivity contribution in [2.45, 2.75) is 20.4 Å². The molecule has 1 heterocycles. The zero-order valence-corrected chi connectivity index (χ0v) is 15.9. The summed E-state index contributed by atoms with van der Waals surface area (Å²) in [5, 5.41) is 3.06. The number of anilines is 2. The van der Waals surface area contributed by atoms with Crippen LogP contribution in [-0.4, -0.2) is 33.1 Å². The number of aromatic nitrogens is 2. The van der Waals surface area contributed by atoms with E-state index in [1.807, 2.05) is 43.3 Å². The summed E-state index contributed by atoms with van der Waals surface area (Å²) >= 11 is 0. The molecule has 6 nitrogen and oxygen atoms in total. The van der Waals surface area contributed by atoms with Gasteiger partial charge in [-0.3, -0.25) is 9.59 Å². The van der Waals surface area contributed by atoms with Gasteiger partial charge in [0.2, 0.25) is 5.95 Å². The van der Waals surface area contributed by atoms with Gasteiger partial charge in [0.05, 0.1) is 0 Å². The molecule has 2 aromatic carbocycles. The van der Waals surface area contributed by atoms with Gasteiger partial charge in [-0.15, -0.1) is 0 Å². The van der Waals surface area contributed by atoms with Gasteiger partial charge >= 0.3 is 0 Å². The summed E-state index contributed by atoms with van der Waals surface area (Å²) in [6.07, 6.45) is 1.55. The number of amides is 1. The molecule has 1 N–H and O–H groups in total. The number of carbonyl (C=O) groups excluding carboxylic acids is 2. The molecule has 3 aromatic rings. The van der Waals surface area contributed by atoms with Crippen molar-refractivity contribution in [3.8, 4) is 0 Å². The number of nitrogens with one attached hydrogen (secondary N) is 1. The lowest BCUT2D eigenvalue weighted by atomic mass is 10.1. The first-order valence-electron chi connectivity index (χ1n) is 9.11. The van der Waals surface area contributed by atoms with Crippen LogP contribution in [0.5, 0.6) is 0 Å². The predicted octanol–water partition coefficient (Wildman–Crippen LogP) is 4.09. The summed E-state index contributed by atoms with van der Waals surface area (Å²) in [6, 6.07) is 18.5.